The molecule has 4 aromatic carbocycles. The van der Waals surface area contributed by atoms with Crippen LogP contribution < -0.4 is 26.6 Å². The fraction of sp³-hybridized carbons (Fsp3) is 0.333. The van der Waals surface area contributed by atoms with E-state index >= 15 is 0 Å². The summed E-state index contributed by atoms with van der Waals surface area (Å²) in [4.78, 5) is 52.3. The Hall–Kier alpha value is -5.02. The number of likely N-dealkylation sites (N-methyl/N-ethyl adjacent to an activating group) is 1. The number of amides is 4. The van der Waals surface area contributed by atoms with E-state index in [1.54, 1.807) is 31.2 Å². The number of carbonyl (C=O) groups is 4. The van der Waals surface area contributed by atoms with Crippen molar-refractivity contribution in [1.29, 1.82) is 0 Å². The minimum Gasteiger partial charge on any atom is -0.355 e. The summed E-state index contributed by atoms with van der Waals surface area (Å²) >= 11 is 0. The number of hydrogen-bond acceptors (Lipinski definition) is 5. The van der Waals surface area contributed by atoms with Gasteiger partial charge >= 0.3 is 0 Å². The molecule has 0 saturated heterocycles. The van der Waals surface area contributed by atoms with Crippen molar-refractivity contribution in [3.63, 3.8) is 0 Å². The van der Waals surface area contributed by atoms with Gasteiger partial charge in [0.05, 0.1) is 12.1 Å². The number of carbonyl (C=O) groups excluding carboxylic acids is 4. The Morgan fingerprint density at radius 3 is 1.96 bits per heavy atom. The van der Waals surface area contributed by atoms with Gasteiger partial charge in [0.1, 0.15) is 6.04 Å². The van der Waals surface area contributed by atoms with Gasteiger partial charge in [0.15, 0.2) is 0 Å². The first-order chi connectivity index (χ1) is 23.0. The predicted molar refractivity (Wildman–Crippen MR) is 191 cm³/mol. The van der Waals surface area contributed by atoms with Gasteiger partial charge in [-0.2, -0.15) is 0 Å². The van der Waals surface area contributed by atoms with Crippen LogP contribution in [0, 0.1) is 5.92 Å². The molecule has 0 radical (unpaired) electrons. The lowest BCUT2D eigenvalue weighted by atomic mass is 10.0. The Labute approximate surface area is 283 Å². The van der Waals surface area contributed by atoms with E-state index in [-0.39, 0.29) is 41.6 Å². The van der Waals surface area contributed by atoms with Gasteiger partial charge in [-0.25, -0.2) is 0 Å². The standard InChI is InChI=1S/C39H47N5O4/c1-6-40-39(48)35(25(2)3)44-36(45)27(5)41-24-34(21-28-13-8-7-9-14-28)43-38(47)33-18-12-17-32(23-33)37(46)42-26(4)30-20-19-29-15-10-11-16-31(29)22-30/h7-20,22-23,25-27,34-35,41H,6,21,24H2,1-5H3,(H,40,48)(H,42,46)(H,43,47)(H,44,45)/t26-,27+,34+,35+/m1/s1. The second kappa shape index (κ2) is 17.2. The normalized spacial score (nSPS) is 13.6. The Morgan fingerprint density at radius 2 is 1.29 bits per heavy atom. The summed E-state index contributed by atoms with van der Waals surface area (Å²) in [5, 5.41) is 17.2. The summed E-state index contributed by atoms with van der Waals surface area (Å²) < 4.78 is 0. The van der Waals surface area contributed by atoms with Crippen LogP contribution in [0.4, 0.5) is 0 Å². The highest BCUT2D eigenvalue weighted by Crippen LogP contribution is 2.21. The second-order valence-corrected chi connectivity index (χ2v) is 12.5. The van der Waals surface area contributed by atoms with Crippen LogP contribution in [-0.2, 0) is 16.0 Å². The largest absolute Gasteiger partial charge is 0.355 e. The van der Waals surface area contributed by atoms with Gasteiger partial charge in [-0.15, -0.1) is 0 Å². The van der Waals surface area contributed by atoms with Crippen molar-refractivity contribution in [1.82, 2.24) is 26.6 Å². The van der Waals surface area contributed by atoms with Gasteiger partial charge in [-0.3, -0.25) is 19.2 Å². The van der Waals surface area contributed by atoms with Crippen LogP contribution in [0.25, 0.3) is 10.8 Å². The maximum absolute atomic E-state index is 13.5. The van der Waals surface area contributed by atoms with E-state index in [0.29, 0.717) is 30.6 Å². The second-order valence-electron chi connectivity index (χ2n) is 12.5. The molecule has 0 fully saturated rings. The highest BCUT2D eigenvalue weighted by Gasteiger charge is 2.26. The highest BCUT2D eigenvalue weighted by atomic mass is 16.2. The van der Waals surface area contributed by atoms with Crippen molar-refractivity contribution in [2.45, 2.75) is 65.2 Å². The summed E-state index contributed by atoms with van der Waals surface area (Å²) in [6, 6.07) is 28.7. The van der Waals surface area contributed by atoms with Crippen LogP contribution in [-0.4, -0.2) is 54.8 Å². The SMILES string of the molecule is CCNC(=O)[C@@H](NC(=O)[C@H](C)NC[C@H](Cc1ccccc1)NC(=O)c1cccc(C(=O)N[C@H](C)c2ccc3ccccc3c2)c1)C(C)C. The molecule has 9 heteroatoms. The molecule has 4 aromatic rings. The third-order valence-corrected chi connectivity index (χ3v) is 8.33. The molecule has 0 spiro atoms. The van der Waals surface area contributed by atoms with E-state index in [1.807, 2.05) is 88.4 Å². The quantitative estimate of drug-likeness (QED) is 0.125. The van der Waals surface area contributed by atoms with E-state index in [1.165, 1.54) is 0 Å². The predicted octanol–water partition coefficient (Wildman–Crippen LogP) is 4.93. The Kier molecular flexibility index (Phi) is 12.9. The molecule has 4 rings (SSSR count). The van der Waals surface area contributed by atoms with Crippen molar-refractivity contribution in [3.05, 3.63) is 119 Å². The van der Waals surface area contributed by atoms with Crippen molar-refractivity contribution < 1.29 is 19.2 Å². The summed E-state index contributed by atoms with van der Waals surface area (Å²) in [5.41, 5.74) is 2.74. The van der Waals surface area contributed by atoms with E-state index in [2.05, 4.69) is 38.7 Å². The van der Waals surface area contributed by atoms with E-state index in [9.17, 15) is 19.2 Å². The lowest BCUT2D eigenvalue weighted by Crippen LogP contribution is -2.55. The minimum absolute atomic E-state index is 0.0856. The van der Waals surface area contributed by atoms with Crippen molar-refractivity contribution in [2.24, 2.45) is 5.92 Å². The Balaban J connectivity index is 1.41. The molecule has 48 heavy (non-hydrogen) atoms. The molecule has 0 unspecified atom stereocenters. The zero-order valence-corrected chi connectivity index (χ0v) is 28.4. The molecule has 0 aliphatic carbocycles. The average molecular weight is 650 g/mol. The minimum atomic E-state index is -0.651. The monoisotopic (exact) mass is 649 g/mol. The molecule has 0 bridgehead atoms. The van der Waals surface area contributed by atoms with Crippen LogP contribution in [0.3, 0.4) is 0 Å². The lowest BCUT2D eigenvalue weighted by Gasteiger charge is -2.25. The fourth-order valence-corrected chi connectivity index (χ4v) is 5.49. The maximum atomic E-state index is 13.5. The molecule has 0 heterocycles. The number of nitrogens with one attached hydrogen (secondary N) is 5. The molecule has 9 nitrogen and oxygen atoms in total. The number of fused-ring (bicyclic) bond motifs is 1. The van der Waals surface area contributed by atoms with E-state index < -0.39 is 12.1 Å². The Morgan fingerprint density at radius 1 is 0.646 bits per heavy atom. The average Bonchev–Trinajstić information content (AvgIpc) is 3.09. The van der Waals surface area contributed by atoms with Crippen LogP contribution in [0.1, 0.15) is 72.5 Å². The third kappa shape index (κ3) is 9.99. The summed E-state index contributed by atoms with van der Waals surface area (Å²) in [7, 11) is 0. The molecule has 0 aliphatic heterocycles. The smallest absolute Gasteiger partial charge is 0.251 e. The highest BCUT2D eigenvalue weighted by molar-refractivity contribution is 6.00. The first kappa shape index (κ1) is 35.8. The molecular formula is C39H47N5O4. The molecule has 252 valence electrons. The molecule has 0 aromatic heterocycles. The van der Waals surface area contributed by atoms with Gasteiger partial charge in [0, 0.05) is 30.3 Å². The number of benzene rings is 4. The van der Waals surface area contributed by atoms with Gasteiger partial charge in [0.2, 0.25) is 11.8 Å². The first-order valence-corrected chi connectivity index (χ1v) is 16.6. The lowest BCUT2D eigenvalue weighted by molar-refractivity contribution is -0.130. The van der Waals surface area contributed by atoms with Gasteiger partial charge in [-0.05, 0) is 79.3 Å². The first-order valence-electron chi connectivity index (χ1n) is 16.6. The van der Waals surface area contributed by atoms with Crippen LogP contribution >= 0.6 is 0 Å². The van der Waals surface area contributed by atoms with E-state index in [4.69, 9.17) is 0 Å². The molecule has 4 amide bonds. The van der Waals surface area contributed by atoms with Gasteiger partial charge in [0.25, 0.3) is 11.8 Å². The number of rotatable bonds is 15. The maximum Gasteiger partial charge on any atom is 0.251 e. The van der Waals surface area contributed by atoms with Crippen LogP contribution in [0.15, 0.2) is 97.1 Å². The van der Waals surface area contributed by atoms with Crippen LogP contribution in [0.2, 0.25) is 0 Å². The van der Waals surface area contributed by atoms with Crippen molar-refractivity contribution in [3.8, 4) is 0 Å². The van der Waals surface area contributed by atoms with Crippen molar-refractivity contribution >= 4 is 34.4 Å². The summed E-state index contributed by atoms with van der Waals surface area (Å²) in [6.45, 7) is 10.0. The molecule has 0 aliphatic rings. The zero-order chi connectivity index (χ0) is 34.6. The zero-order valence-electron chi connectivity index (χ0n) is 28.4. The third-order valence-electron chi connectivity index (χ3n) is 8.33. The van der Waals surface area contributed by atoms with Gasteiger partial charge < -0.3 is 26.6 Å². The summed E-state index contributed by atoms with van der Waals surface area (Å²) in [6.07, 6.45) is 0.519. The molecule has 4 atom stereocenters. The number of hydrogen-bond donors (Lipinski definition) is 5. The summed E-state index contributed by atoms with van der Waals surface area (Å²) in [5.74, 6) is -1.22. The van der Waals surface area contributed by atoms with Crippen molar-refractivity contribution in [2.75, 3.05) is 13.1 Å². The molecule has 5 N–H and O–H groups in total. The van der Waals surface area contributed by atoms with E-state index in [0.717, 1.165) is 21.9 Å². The van der Waals surface area contributed by atoms with Gasteiger partial charge in [-0.1, -0.05) is 86.6 Å². The van der Waals surface area contributed by atoms with Crippen LogP contribution in [0.5, 0.6) is 0 Å². The topological polar surface area (TPSA) is 128 Å². The molecular weight excluding hydrogens is 602 g/mol. The fourth-order valence-electron chi connectivity index (χ4n) is 5.49. The Bertz CT molecular complexity index is 1710. The molecule has 0 saturated carbocycles.